The summed E-state index contributed by atoms with van der Waals surface area (Å²) < 4.78 is 11.4. The fraction of sp³-hybridized carbons (Fsp3) is 0.190. The quantitative estimate of drug-likeness (QED) is 0.380. The number of nitrogen functional groups attached to an aromatic ring is 1. The minimum atomic E-state index is -0.486. The van der Waals surface area contributed by atoms with Crippen LogP contribution in [0, 0.1) is 0 Å². The lowest BCUT2D eigenvalue weighted by atomic mass is 10.1. The summed E-state index contributed by atoms with van der Waals surface area (Å²) in [6.45, 7) is 0.546. The summed E-state index contributed by atoms with van der Waals surface area (Å²) in [6, 6.07) is 12.2. The van der Waals surface area contributed by atoms with Crippen LogP contribution in [0.4, 0.5) is 5.69 Å². The van der Waals surface area contributed by atoms with Crippen molar-refractivity contribution in [2.24, 2.45) is 0 Å². The second-order valence-electron chi connectivity index (χ2n) is 6.48. The smallest absolute Gasteiger partial charge is 0.350 e. The molecule has 1 aliphatic rings. The standard InChI is InChI=1S/C21H18N2O5S/c1-27-21(26)18-17(22)16-14(8-4-9-15(16)29-18)28-11-5-10-23-19(24)12-6-2-3-7-13(12)20(23)25/h2-4,6-9H,5,10-11,22H2,1H3. The molecule has 0 saturated carbocycles. The third-order valence-electron chi connectivity index (χ3n) is 4.75. The van der Waals surface area contributed by atoms with Crippen molar-refractivity contribution in [2.45, 2.75) is 6.42 Å². The number of methoxy groups -OCH3 is 1. The van der Waals surface area contributed by atoms with Crippen molar-refractivity contribution in [1.82, 2.24) is 4.90 Å². The minimum absolute atomic E-state index is 0.259. The summed E-state index contributed by atoms with van der Waals surface area (Å²) in [7, 11) is 1.31. The Morgan fingerprint density at radius 1 is 1.07 bits per heavy atom. The van der Waals surface area contributed by atoms with Crippen LogP contribution in [0.2, 0.25) is 0 Å². The number of amides is 2. The number of benzene rings is 2. The maximum atomic E-state index is 12.4. The van der Waals surface area contributed by atoms with Crippen molar-refractivity contribution < 1.29 is 23.9 Å². The number of hydrogen-bond donors (Lipinski definition) is 1. The Morgan fingerprint density at radius 2 is 1.76 bits per heavy atom. The first-order chi connectivity index (χ1) is 14.0. The first-order valence-electron chi connectivity index (χ1n) is 9.00. The summed E-state index contributed by atoms with van der Waals surface area (Å²) in [6.07, 6.45) is 0.468. The van der Waals surface area contributed by atoms with Gasteiger partial charge in [0, 0.05) is 11.2 Å². The van der Waals surface area contributed by atoms with Gasteiger partial charge in [0.2, 0.25) is 0 Å². The second-order valence-corrected chi connectivity index (χ2v) is 7.53. The highest BCUT2D eigenvalue weighted by molar-refractivity contribution is 7.21. The largest absolute Gasteiger partial charge is 0.493 e. The van der Waals surface area contributed by atoms with Crippen molar-refractivity contribution in [1.29, 1.82) is 0 Å². The highest BCUT2D eigenvalue weighted by Gasteiger charge is 2.34. The number of fused-ring (bicyclic) bond motifs is 2. The number of nitrogens with zero attached hydrogens (tertiary/aromatic N) is 1. The molecule has 0 bridgehead atoms. The molecule has 2 heterocycles. The van der Waals surface area contributed by atoms with E-state index >= 15 is 0 Å². The first kappa shape index (κ1) is 18.9. The topological polar surface area (TPSA) is 98.9 Å². The van der Waals surface area contributed by atoms with E-state index in [1.54, 1.807) is 30.3 Å². The van der Waals surface area contributed by atoms with E-state index in [4.69, 9.17) is 15.2 Å². The van der Waals surface area contributed by atoms with Crippen LogP contribution in [-0.4, -0.2) is 42.9 Å². The van der Waals surface area contributed by atoms with Crippen LogP contribution >= 0.6 is 11.3 Å². The van der Waals surface area contributed by atoms with Crippen molar-refractivity contribution in [3.8, 4) is 5.75 Å². The van der Waals surface area contributed by atoms with Gasteiger partial charge in [-0.1, -0.05) is 18.2 Å². The molecular formula is C21H18N2O5S. The van der Waals surface area contributed by atoms with E-state index in [-0.39, 0.29) is 25.0 Å². The molecule has 0 aliphatic carbocycles. The predicted molar refractivity (Wildman–Crippen MR) is 109 cm³/mol. The van der Waals surface area contributed by atoms with Crippen LogP contribution in [0.25, 0.3) is 10.1 Å². The van der Waals surface area contributed by atoms with Gasteiger partial charge in [0.05, 0.1) is 35.9 Å². The molecule has 0 saturated heterocycles. The molecule has 8 heteroatoms. The zero-order valence-electron chi connectivity index (χ0n) is 15.6. The Hall–Kier alpha value is -3.39. The Balaban J connectivity index is 1.44. The Kier molecular flexibility index (Phi) is 4.94. The molecule has 0 fully saturated rings. The molecular weight excluding hydrogens is 392 g/mol. The van der Waals surface area contributed by atoms with Gasteiger partial charge in [0.25, 0.3) is 11.8 Å². The number of imide groups is 1. The molecule has 29 heavy (non-hydrogen) atoms. The van der Waals surface area contributed by atoms with Crippen LogP contribution < -0.4 is 10.5 Å². The molecule has 1 aromatic heterocycles. The monoisotopic (exact) mass is 410 g/mol. The van der Waals surface area contributed by atoms with E-state index in [0.29, 0.717) is 39.2 Å². The van der Waals surface area contributed by atoms with Crippen LogP contribution in [0.15, 0.2) is 42.5 Å². The predicted octanol–water partition coefficient (Wildman–Crippen LogP) is 3.34. The van der Waals surface area contributed by atoms with E-state index in [9.17, 15) is 14.4 Å². The number of anilines is 1. The summed E-state index contributed by atoms with van der Waals surface area (Å²) in [4.78, 5) is 38.2. The Morgan fingerprint density at radius 3 is 2.41 bits per heavy atom. The molecule has 4 rings (SSSR count). The first-order valence-corrected chi connectivity index (χ1v) is 9.82. The average molecular weight is 410 g/mol. The third kappa shape index (κ3) is 3.21. The van der Waals surface area contributed by atoms with Gasteiger partial charge in [-0.3, -0.25) is 14.5 Å². The number of carbonyl (C=O) groups is 3. The van der Waals surface area contributed by atoms with Crippen LogP contribution in [0.5, 0.6) is 5.75 Å². The molecule has 2 N–H and O–H groups in total. The van der Waals surface area contributed by atoms with Crippen LogP contribution in [0.3, 0.4) is 0 Å². The van der Waals surface area contributed by atoms with E-state index < -0.39 is 5.97 Å². The molecule has 0 unspecified atom stereocenters. The Bertz CT molecular complexity index is 1100. The van der Waals surface area contributed by atoms with Crippen molar-refractivity contribution in [2.75, 3.05) is 26.0 Å². The Labute approximate surface area is 170 Å². The number of esters is 1. The molecule has 3 aromatic rings. The molecule has 1 aliphatic heterocycles. The maximum Gasteiger partial charge on any atom is 0.350 e. The third-order valence-corrected chi connectivity index (χ3v) is 5.90. The van der Waals surface area contributed by atoms with Gasteiger partial charge in [-0.05, 0) is 30.7 Å². The number of nitrogens with two attached hydrogens (primary N) is 1. The zero-order valence-corrected chi connectivity index (χ0v) is 16.5. The van der Waals surface area contributed by atoms with Gasteiger partial charge in [-0.2, -0.15) is 0 Å². The van der Waals surface area contributed by atoms with E-state index in [1.165, 1.54) is 23.3 Å². The summed E-state index contributed by atoms with van der Waals surface area (Å²) >= 11 is 1.25. The fourth-order valence-corrected chi connectivity index (χ4v) is 4.41. The van der Waals surface area contributed by atoms with Crippen LogP contribution in [0.1, 0.15) is 36.8 Å². The molecule has 7 nitrogen and oxygen atoms in total. The normalized spacial score (nSPS) is 13.1. The lowest BCUT2D eigenvalue weighted by Gasteiger charge is -2.14. The number of hydrogen-bond acceptors (Lipinski definition) is 7. The van der Waals surface area contributed by atoms with Gasteiger partial charge in [0.15, 0.2) is 0 Å². The number of ether oxygens (including phenoxy) is 2. The van der Waals surface area contributed by atoms with E-state index in [0.717, 1.165) is 4.70 Å². The summed E-state index contributed by atoms with van der Waals surface area (Å²) in [5.74, 6) is -0.496. The number of thiophene rings is 1. The van der Waals surface area contributed by atoms with Gasteiger partial charge in [-0.25, -0.2) is 4.79 Å². The summed E-state index contributed by atoms with van der Waals surface area (Å²) in [5.41, 5.74) is 7.33. The average Bonchev–Trinajstić information content (AvgIpc) is 3.20. The lowest BCUT2D eigenvalue weighted by Crippen LogP contribution is -2.31. The van der Waals surface area contributed by atoms with Gasteiger partial charge < -0.3 is 15.2 Å². The fourth-order valence-electron chi connectivity index (χ4n) is 3.35. The number of carbonyl (C=O) groups excluding carboxylic acids is 3. The second kappa shape index (κ2) is 7.56. The van der Waals surface area contributed by atoms with Crippen LogP contribution in [-0.2, 0) is 4.74 Å². The molecule has 2 aromatic carbocycles. The molecule has 0 spiro atoms. The van der Waals surface area contributed by atoms with E-state index in [1.807, 2.05) is 12.1 Å². The SMILES string of the molecule is COC(=O)c1sc2cccc(OCCCN3C(=O)c4ccccc4C3=O)c2c1N. The highest BCUT2D eigenvalue weighted by atomic mass is 32.1. The zero-order chi connectivity index (χ0) is 20.5. The maximum absolute atomic E-state index is 12.4. The summed E-state index contributed by atoms with van der Waals surface area (Å²) in [5, 5.41) is 0.665. The van der Waals surface area contributed by atoms with Crippen molar-refractivity contribution in [3.63, 3.8) is 0 Å². The number of rotatable bonds is 6. The van der Waals surface area contributed by atoms with Gasteiger partial charge in [0.1, 0.15) is 10.6 Å². The van der Waals surface area contributed by atoms with Gasteiger partial charge >= 0.3 is 5.97 Å². The molecule has 2 amide bonds. The molecule has 0 radical (unpaired) electrons. The van der Waals surface area contributed by atoms with E-state index in [2.05, 4.69) is 0 Å². The van der Waals surface area contributed by atoms with Crippen molar-refractivity contribution >= 4 is 44.9 Å². The molecule has 0 atom stereocenters. The van der Waals surface area contributed by atoms with Gasteiger partial charge in [-0.15, -0.1) is 11.3 Å². The highest BCUT2D eigenvalue weighted by Crippen LogP contribution is 2.39. The molecule has 148 valence electrons. The van der Waals surface area contributed by atoms with Crippen molar-refractivity contribution in [3.05, 3.63) is 58.5 Å². The minimum Gasteiger partial charge on any atom is -0.493 e. The lowest BCUT2D eigenvalue weighted by molar-refractivity contribution is 0.0604.